The van der Waals surface area contributed by atoms with Gasteiger partial charge in [-0.05, 0) is 12.7 Å². The molecule has 0 aromatic carbocycles. The topological polar surface area (TPSA) is 91.9 Å². The zero-order valence-electron chi connectivity index (χ0n) is 9.32. The number of carbonyl (C=O) groups is 2. The Morgan fingerprint density at radius 2 is 2.12 bits per heavy atom. The van der Waals surface area contributed by atoms with Crippen LogP contribution in [-0.4, -0.2) is 36.1 Å². The lowest BCUT2D eigenvalue weighted by Gasteiger charge is -1.97. The first kappa shape index (κ1) is 14.5. The van der Waals surface area contributed by atoms with Gasteiger partial charge in [0.15, 0.2) is 0 Å². The molecule has 0 saturated carbocycles. The highest BCUT2D eigenvalue weighted by Gasteiger charge is 2.05. The number of hydrogen-bond acceptors (Lipinski definition) is 5. The van der Waals surface area contributed by atoms with Crippen LogP contribution >= 0.6 is 0 Å². The summed E-state index contributed by atoms with van der Waals surface area (Å²) in [5.41, 5.74) is 2.33. The van der Waals surface area contributed by atoms with Crippen molar-refractivity contribution in [3.05, 3.63) is 11.9 Å². The van der Waals surface area contributed by atoms with Crippen molar-refractivity contribution in [1.82, 2.24) is 0 Å². The van der Waals surface area contributed by atoms with E-state index in [1.807, 2.05) is 0 Å². The van der Waals surface area contributed by atoms with Crippen LogP contribution < -0.4 is 0 Å². The van der Waals surface area contributed by atoms with Crippen LogP contribution in [0.15, 0.2) is 21.9 Å². The number of amides is 1. The van der Waals surface area contributed by atoms with Gasteiger partial charge in [-0.3, -0.25) is 9.59 Å². The van der Waals surface area contributed by atoms with Crippen molar-refractivity contribution in [3.8, 4) is 0 Å². The SMILES string of the molecule is CCOC(=O)CCC(=O)N=C=C=CN=C=C=N. The molecule has 0 bridgehead atoms. The van der Waals surface area contributed by atoms with Gasteiger partial charge in [0.25, 0.3) is 5.91 Å². The summed E-state index contributed by atoms with van der Waals surface area (Å²) in [6.45, 7) is 1.98. The summed E-state index contributed by atoms with van der Waals surface area (Å²) < 4.78 is 4.64. The molecule has 0 aromatic rings. The van der Waals surface area contributed by atoms with Gasteiger partial charge < -0.3 is 4.74 Å². The van der Waals surface area contributed by atoms with E-state index < -0.39 is 11.9 Å². The molecule has 0 saturated heterocycles. The minimum Gasteiger partial charge on any atom is -0.466 e. The molecular weight excluding hydrogens is 222 g/mol. The van der Waals surface area contributed by atoms with Crippen molar-refractivity contribution in [2.75, 3.05) is 6.61 Å². The third kappa shape index (κ3) is 9.83. The fraction of sp³-hybridized carbons (Fsp3) is 0.364. The van der Waals surface area contributed by atoms with Gasteiger partial charge in [0.05, 0.1) is 31.0 Å². The van der Waals surface area contributed by atoms with Crippen LogP contribution in [0.2, 0.25) is 0 Å². The predicted octanol–water partition coefficient (Wildman–Crippen LogP) is 0.669. The Hall–Kier alpha value is -2.47. The van der Waals surface area contributed by atoms with Gasteiger partial charge >= 0.3 is 5.97 Å². The zero-order chi connectivity index (χ0) is 12.9. The average Bonchev–Trinajstić information content (AvgIpc) is 2.31. The fourth-order valence-corrected chi connectivity index (χ4v) is 0.718. The second-order valence-electron chi connectivity index (χ2n) is 2.56. The van der Waals surface area contributed by atoms with E-state index in [0.29, 0.717) is 0 Å². The van der Waals surface area contributed by atoms with Crippen molar-refractivity contribution >= 4 is 29.5 Å². The quantitative estimate of drug-likeness (QED) is 0.429. The number of hydrogen-bond donors (Lipinski definition) is 1. The third-order valence-electron chi connectivity index (χ3n) is 1.34. The maximum atomic E-state index is 11.1. The highest BCUT2D eigenvalue weighted by atomic mass is 16.5. The molecular formula is C11H11N3O3. The molecule has 0 atom stereocenters. The summed E-state index contributed by atoms with van der Waals surface area (Å²) in [5.74, 6) is 5.15. The Kier molecular flexibility index (Phi) is 8.60. The Morgan fingerprint density at radius 1 is 1.35 bits per heavy atom. The number of aliphatic imine (C=N–C) groups is 2. The molecule has 0 aliphatic carbocycles. The third-order valence-corrected chi connectivity index (χ3v) is 1.34. The van der Waals surface area contributed by atoms with Crippen molar-refractivity contribution in [2.24, 2.45) is 9.98 Å². The van der Waals surface area contributed by atoms with Gasteiger partial charge in [-0.2, -0.15) is 9.98 Å². The Balaban J connectivity index is 4.14. The molecule has 6 nitrogen and oxygen atoms in total. The molecule has 1 amide bonds. The van der Waals surface area contributed by atoms with E-state index in [1.54, 1.807) is 12.8 Å². The number of nitrogens with one attached hydrogen (secondary N) is 1. The lowest BCUT2D eigenvalue weighted by atomic mass is 10.3. The summed E-state index contributed by atoms with van der Waals surface area (Å²) in [4.78, 5) is 28.7. The Bertz CT molecular complexity index is 456. The summed E-state index contributed by atoms with van der Waals surface area (Å²) >= 11 is 0. The molecule has 0 rings (SSSR count). The predicted molar refractivity (Wildman–Crippen MR) is 61.6 cm³/mol. The van der Waals surface area contributed by atoms with Crippen molar-refractivity contribution in [1.29, 1.82) is 5.41 Å². The average molecular weight is 233 g/mol. The Labute approximate surface area is 98.2 Å². The van der Waals surface area contributed by atoms with E-state index in [9.17, 15) is 9.59 Å². The molecule has 0 unspecified atom stereocenters. The second-order valence-corrected chi connectivity index (χ2v) is 2.56. The molecule has 0 fully saturated rings. The van der Waals surface area contributed by atoms with Crippen LogP contribution in [0.25, 0.3) is 0 Å². The molecule has 0 aliphatic heterocycles. The van der Waals surface area contributed by atoms with Gasteiger partial charge in [-0.1, -0.05) is 0 Å². The highest BCUT2D eigenvalue weighted by molar-refractivity contribution is 5.87. The summed E-state index contributed by atoms with van der Waals surface area (Å²) in [6, 6.07) is 0. The van der Waals surface area contributed by atoms with E-state index in [1.165, 1.54) is 0 Å². The van der Waals surface area contributed by atoms with Crippen LogP contribution in [0.1, 0.15) is 19.8 Å². The van der Waals surface area contributed by atoms with Gasteiger partial charge in [0.1, 0.15) is 0 Å². The summed E-state index contributed by atoms with van der Waals surface area (Å²) in [7, 11) is 0. The molecule has 0 heterocycles. The maximum absolute atomic E-state index is 11.1. The molecule has 88 valence electrons. The highest BCUT2D eigenvalue weighted by Crippen LogP contribution is 1.94. The lowest BCUT2D eigenvalue weighted by molar-refractivity contribution is -0.144. The smallest absolute Gasteiger partial charge is 0.306 e. The van der Waals surface area contributed by atoms with E-state index in [2.05, 4.69) is 32.2 Å². The van der Waals surface area contributed by atoms with E-state index in [-0.39, 0.29) is 19.4 Å². The van der Waals surface area contributed by atoms with Crippen LogP contribution in [0.3, 0.4) is 0 Å². The van der Waals surface area contributed by atoms with Crippen molar-refractivity contribution < 1.29 is 14.3 Å². The van der Waals surface area contributed by atoms with E-state index in [0.717, 1.165) is 6.20 Å². The molecule has 0 radical (unpaired) electrons. The number of rotatable bonds is 5. The van der Waals surface area contributed by atoms with Crippen molar-refractivity contribution in [2.45, 2.75) is 19.8 Å². The molecule has 1 N–H and O–H groups in total. The first-order valence-electron chi connectivity index (χ1n) is 4.78. The summed E-state index contributed by atoms with van der Waals surface area (Å²) in [5, 5.41) is 6.44. The number of esters is 1. The minimum atomic E-state index is -0.495. The van der Waals surface area contributed by atoms with Crippen LogP contribution in [0.5, 0.6) is 0 Å². The first-order valence-corrected chi connectivity index (χ1v) is 4.78. The zero-order valence-corrected chi connectivity index (χ0v) is 9.32. The van der Waals surface area contributed by atoms with Gasteiger partial charge in [0.2, 0.25) is 0 Å². The largest absolute Gasteiger partial charge is 0.466 e. The standard InChI is InChI=1S/C11H11N3O3/c1-2-17-11(16)5-4-10(15)14-8-3-7-13-9-6-12/h7,12H,2,4-5H2,1H3. The maximum Gasteiger partial charge on any atom is 0.306 e. The Morgan fingerprint density at radius 3 is 2.76 bits per heavy atom. The first-order chi connectivity index (χ1) is 8.20. The van der Waals surface area contributed by atoms with Gasteiger partial charge in [-0.15, -0.1) is 0 Å². The van der Waals surface area contributed by atoms with Crippen LogP contribution in [-0.2, 0) is 14.3 Å². The van der Waals surface area contributed by atoms with Crippen LogP contribution in [0.4, 0.5) is 0 Å². The fourth-order valence-electron chi connectivity index (χ4n) is 0.718. The number of ether oxygens (including phenoxy) is 1. The number of carbonyl (C=O) groups excluding carboxylic acids is 2. The molecule has 6 heteroatoms. The second kappa shape index (κ2) is 10.1. The monoisotopic (exact) mass is 233 g/mol. The van der Waals surface area contributed by atoms with Gasteiger partial charge in [0, 0.05) is 12.3 Å². The van der Waals surface area contributed by atoms with E-state index in [4.69, 9.17) is 5.41 Å². The number of nitrogens with zero attached hydrogens (tertiary/aromatic N) is 2. The molecule has 0 aliphatic rings. The minimum absolute atomic E-state index is 0.00371. The van der Waals surface area contributed by atoms with E-state index >= 15 is 0 Å². The van der Waals surface area contributed by atoms with Gasteiger partial charge in [-0.25, -0.2) is 5.41 Å². The molecule has 0 spiro atoms. The van der Waals surface area contributed by atoms with Crippen molar-refractivity contribution in [3.63, 3.8) is 0 Å². The van der Waals surface area contributed by atoms with Crippen LogP contribution in [0, 0.1) is 5.41 Å². The normalized spacial score (nSPS) is 7.59. The lowest BCUT2D eigenvalue weighted by Crippen LogP contribution is -2.06. The molecule has 17 heavy (non-hydrogen) atoms. The molecule has 0 aromatic heterocycles. The summed E-state index contributed by atoms with van der Waals surface area (Å²) in [6.07, 6.45) is 1.09.